The topological polar surface area (TPSA) is 29.2 Å². The first-order chi connectivity index (χ1) is 13.7. The number of thiazole rings is 1. The van der Waals surface area contributed by atoms with Gasteiger partial charge < -0.3 is 9.64 Å². The fourth-order valence-electron chi connectivity index (χ4n) is 3.36. The maximum absolute atomic E-state index is 5.55. The summed E-state index contributed by atoms with van der Waals surface area (Å²) < 4.78 is 9.23. The first kappa shape index (κ1) is 19.0. The zero-order valence-corrected chi connectivity index (χ0v) is 18.0. The quantitative estimate of drug-likeness (QED) is 0.503. The molecule has 0 fully saturated rings. The van der Waals surface area contributed by atoms with E-state index in [9.17, 15) is 0 Å². The van der Waals surface area contributed by atoms with Crippen molar-refractivity contribution in [3.63, 3.8) is 0 Å². The average molecular weight is 411 g/mol. The molecule has 6 heteroatoms. The summed E-state index contributed by atoms with van der Waals surface area (Å²) in [4.78, 5) is 6.94. The smallest absolute Gasteiger partial charge is 0.262 e. The second-order valence-electron chi connectivity index (χ2n) is 6.27. The van der Waals surface area contributed by atoms with Crippen LogP contribution in [0.25, 0.3) is 16.3 Å². The van der Waals surface area contributed by atoms with Crippen molar-refractivity contribution in [2.45, 2.75) is 32.3 Å². The number of nitrogens with zero attached hydrogens (tertiary/aromatic N) is 3. The van der Waals surface area contributed by atoms with E-state index in [1.807, 2.05) is 24.3 Å². The van der Waals surface area contributed by atoms with Crippen LogP contribution in [0.15, 0.2) is 58.6 Å². The molecule has 4 rings (SSSR count). The standard InChI is InChI=1S/C22H24N3OS2/c1-4-24-16-10-7-8-11-18(16)27-20(24)12-9-13-21-25(5-2)17-14-15-19(26-6-3)23-22(17)28-21/h7-15H,4-6H2,1-3H3/q+1. The third kappa shape index (κ3) is 3.54. The lowest BCUT2D eigenvalue weighted by atomic mass is 10.3. The Morgan fingerprint density at radius 1 is 1.14 bits per heavy atom. The van der Waals surface area contributed by atoms with E-state index < -0.39 is 0 Å². The van der Waals surface area contributed by atoms with Gasteiger partial charge in [-0.2, -0.15) is 4.57 Å². The average Bonchev–Trinajstić information content (AvgIpc) is 3.24. The Kier molecular flexibility index (Phi) is 5.69. The number of anilines is 1. The molecule has 0 radical (unpaired) electrons. The highest BCUT2D eigenvalue weighted by atomic mass is 32.2. The van der Waals surface area contributed by atoms with Crippen LogP contribution in [0.4, 0.5) is 5.69 Å². The minimum Gasteiger partial charge on any atom is -0.478 e. The number of hydrogen-bond acceptors (Lipinski definition) is 5. The van der Waals surface area contributed by atoms with Gasteiger partial charge in [-0.1, -0.05) is 29.5 Å². The predicted octanol–water partition coefficient (Wildman–Crippen LogP) is 5.49. The van der Waals surface area contributed by atoms with Crippen molar-refractivity contribution >= 4 is 45.1 Å². The van der Waals surface area contributed by atoms with Crippen LogP contribution in [0, 0.1) is 0 Å². The highest BCUT2D eigenvalue weighted by Crippen LogP contribution is 2.45. The molecule has 3 heterocycles. The van der Waals surface area contributed by atoms with Crippen LogP contribution in [-0.2, 0) is 6.54 Å². The summed E-state index contributed by atoms with van der Waals surface area (Å²) in [6, 6.07) is 12.6. The maximum Gasteiger partial charge on any atom is 0.262 e. The lowest BCUT2D eigenvalue weighted by Crippen LogP contribution is -2.33. The minimum absolute atomic E-state index is 0.631. The Morgan fingerprint density at radius 2 is 2.00 bits per heavy atom. The van der Waals surface area contributed by atoms with Crippen molar-refractivity contribution in [1.82, 2.24) is 4.98 Å². The number of aromatic nitrogens is 2. The van der Waals surface area contributed by atoms with Crippen molar-refractivity contribution < 1.29 is 9.30 Å². The fraction of sp³-hybridized carbons (Fsp3) is 0.273. The summed E-state index contributed by atoms with van der Waals surface area (Å²) in [6.07, 6.45) is 6.54. The number of ether oxygens (including phenoxy) is 1. The molecule has 0 saturated heterocycles. The van der Waals surface area contributed by atoms with Gasteiger partial charge in [0.05, 0.1) is 17.3 Å². The summed E-state index contributed by atoms with van der Waals surface area (Å²) in [5.41, 5.74) is 2.45. The zero-order chi connectivity index (χ0) is 19.5. The molecule has 4 nitrogen and oxygen atoms in total. The van der Waals surface area contributed by atoms with E-state index in [4.69, 9.17) is 4.74 Å². The monoisotopic (exact) mass is 410 g/mol. The summed E-state index contributed by atoms with van der Waals surface area (Å²) in [5, 5.41) is 3.47. The van der Waals surface area contributed by atoms with E-state index in [0.29, 0.717) is 12.5 Å². The minimum atomic E-state index is 0.631. The van der Waals surface area contributed by atoms with E-state index in [-0.39, 0.29) is 0 Å². The van der Waals surface area contributed by atoms with Crippen molar-refractivity contribution in [2.75, 3.05) is 18.1 Å². The second-order valence-corrected chi connectivity index (χ2v) is 8.34. The number of para-hydroxylation sites is 1. The summed E-state index contributed by atoms with van der Waals surface area (Å²) in [6.45, 7) is 8.84. The van der Waals surface area contributed by atoms with E-state index in [1.54, 1.807) is 11.8 Å². The Hall–Kier alpha value is -2.31. The van der Waals surface area contributed by atoms with Crippen LogP contribution in [-0.4, -0.2) is 18.1 Å². The number of pyridine rings is 1. The van der Waals surface area contributed by atoms with Gasteiger partial charge in [0.2, 0.25) is 11.4 Å². The lowest BCUT2D eigenvalue weighted by Gasteiger charge is -2.17. The largest absolute Gasteiger partial charge is 0.478 e. The highest BCUT2D eigenvalue weighted by Gasteiger charge is 2.25. The van der Waals surface area contributed by atoms with Gasteiger partial charge in [0, 0.05) is 24.8 Å². The predicted molar refractivity (Wildman–Crippen MR) is 119 cm³/mol. The van der Waals surface area contributed by atoms with Gasteiger partial charge in [0.15, 0.2) is 0 Å². The number of hydrogen-bond donors (Lipinski definition) is 0. The maximum atomic E-state index is 5.55. The Morgan fingerprint density at radius 3 is 2.79 bits per heavy atom. The van der Waals surface area contributed by atoms with E-state index in [2.05, 4.69) is 76.9 Å². The molecule has 0 saturated carbocycles. The van der Waals surface area contributed by atoms with Crippen molar-refractivity contribution in [3.8, 4) is 5.88 Å². The number of benzene rings is 1. The molecule has 0 aliphatic carbocycles. The molecule has 1 aliphatic rings. The molecule has 144 valence electrons. The third-order valence-electron chi connectivity index (χ3n) is 4.61. The third-order valence-corrected chi connectivity index (χ3v) is 6.80. The van der Waals surface area contributed by atoms with Crippen LogP contribution in [0.3, 0.4) is 0 Å². The molecule has 0 atom stereocenters. The fourth-order valence-corrected chi connectivity index (χ4v) is 5.60. The number of thioether (sulfide) groups is 1. The van der Waals surface area contributed by atoms with Gasteiger partial charge >= 0.3 is 0 Å². The number of rotatable bonds is 6. The van der Waals surface area contributed by atoms with Gasteiger partial charge in [-0.3, -0.25) is 0 Å². The summed E-state index contributed by atoms with van der Waals surface area (Å²) in [7, 11) is 0. The molecule has 0 spiro atoms. The molecule has 0 unspecified atom stereocenters. The molecule has 0 N–H and O–H groups in total. The van der Waals surface area contributed by atoms with E-state index >= 15 is 0 Å². The molecule has 1 aromatic carbocycles. The van der Waals surface area contributed by atoms with Crippen molar-refractivity contribution in [1.29, 1.82) is 0 Å². The molecule has 3 aromatic rings. The van der Waals surface area contributed by atoms with Gasteiger partial charge in [-0.25, -0.2) is 4.98 Å². The van der Waals surface area contributed by atoms with Crippen molar-refractivity contribution in [3.05, 3.63) is 58.6 Å². The normalized spacial score (nSPS) is 15.1. The molecular weight excluding hydrogens is 386 g/mol. The number of fused-ring (bicyclic) bond motifs is 2. The van der Waals surface area contributed by atoms with Gasteiger partial charge in [0.1, 0.15) is 16.3 Å². The first-order valence-electron chi connectivity index (χ1n) is 9.64. The van der Waals surface area contributed by atoms with Crippen LogP contribution in [0.2, 0.25) is 0 Å². The summed E-state index contributed by atoms with van der Waals surface area (Å²) in [5.74, 6) is 0.691. The van der Waals surface area contributed by atoms with Crippen LogP contribution in [0.1, 0.15) is 25.8 Å². The Labute approximate surface area is 174 Å². The Balaban J connectivity index is 1.61. The number of allylic oxidation sites excluding steroid dienone is 2. The molecule has 28 heavy (non-hydrogen) atoms. The van der Waals surface area contributed by atoms with Crippen LogP contribution >= 0.6 is 23.1 Å². The molecule has 0 amide bonds. The molecular formula is C22H24N3OS2+. The Bertz CT molecular complexity index is 1060. The number of aryl methyl sites for hydroxylation is 1. The van der Waals surface area contributed by atoms with E-state index in [1.165, 1.54) is 20.3 Å². The van der Waals surface area contributed by atoms with Gasteiger partial charge in [0.25, 0.3) is 5.01 Å². The van der Waals surface area contributed by atoms with Gasteiger partial charge in [-0.05, 0) is 50.7 Å². The molecule has 2 aromatic heterocycles. The lowest BCUT2D eigenvalue weighted by molar-refractivity contribution is -0.665. The van der Waals surface area contributed by atoms with Gasteiger partial charge in [-0.15, -0.1) is 0 Å². The van der Waals surface area contributed by atoms with Crippen molar-refractivity contribution in [2.24, 2.45) is 0 Å². The first-order valence-corrected chi connectivity index (χ1v) is 11.3. The van der Waals surface area contributed by atoms with Crippen LogP contribution < -0.4 is 14.2 Å². The second kappa shape index (κ2) is 8.37. The SMILES string of the molecule is CCOc1ccc2c(n1)SC(=CC=Cc1sc3ccccc3[n+]1CC)N2CC. The van der Waals surface area contributed by atoms with E-state index in [0.717, 1.165) is 23.8 Å². The summed E-state index contributed by atoms with van der Waals surface area (Å²) >= 11 is 3.53. The zero-order valence-electron chi connectivity index (χ0n) is 16.4. The van der Waals surface area contributed by atoms with Crippen LogP contribution in [0.5, 0.6) is 5.88 Å². The molecule has 1 aliphatic heterocycles. The highest BCUT2D eigenvalue weighted by molar-refractivity contribution is 8.03. The molecule has 0 bridgehead atoms.